The molecule has 7 heteroatoms. The standard InChI is InChI=1S/C32H37NO6/c1-19-28(32(35)39-23-9-6-5-7-10-23)29(24-11-8-12-27(37-3)31(24)38-4)30-25(33-19)17-21(18-26(30)34)20-13-15-22(36-2)16-14-20/h8,11-16,21,23,29,33H,5-7,9-10,17-18H2,1-4H3/t21-,29-/m0/s1. The molecule has 1 N–H and O–H groups in total. The summed E-state index contributed by atoms with van der Waals surface area (Å²) in [5.41, 5.74) is 4.41. The molecule has 0 spiro atoms. The first-order valence-corrected chi connectivity index (χ1v) is 13.7. The van der Waals surface area contributed by atoms with Crippen LogP contribution in [-0.2, 0) is 14.3 Å². The summed E-state index contributed by atoms with van der Waals surface area (Å²) in [5.74, 6) is 0.875. The summed E-state index contributed by atoms with van der Waals surface area (Å²) >= 11 is 0. The van der Waals surface area contributed by atoms with Gasteiger partial charge in [-0.1, -0.05) is 30.7 Å². The monoisotopic (exact) mass is 531 g/mol. The number of methoxy groups -OCH3 is 3. The van der Waals surface area contributed by atoms with E-state index in [1.54, 1.807) is 21.3 Å². The second kappa shape index (κ2) is 11.6. The molecule has 0 radical (unpaired) electrons. The highest BCUT2D eigenvalue weighted by molar-refractivity contribution is 6.04. The zero-order valence-electron chi connectivity index (χ0n) is 23.2. The van der Waals surface area contributed by atoms with Crippen LogP contribution >= 0.6 is 0 Å². The lowest BCUT2D eigenvalue weighted by Crippen LogP contribution is -2.37. The van der Waals surface area contributed by atoms with Crippen LogP contribution in [0.5, 0.6) is 17.2 Å². The van der Waals surface area contributed by atoms with Gasteiger partial charge in [-0.25, -0.2) is 4.79 Å². The lowest BCUT2D eigenvalue weighted by Gasteiger charge is -2.37. The van der Waals surface area contributed by atoms with Crippen molar-refractivity contribution < 1.29 is 28.5 Å². The number of nitrogens with one attached hydrogen (secondary N) is 1. The quantitative estimate of drug-likeness (QED) is 0.442. The van der Waals surface area contributed by atoms with Gasteiger partial charge in [0.05, 0.1) is 32.8 Å². The van der Waals surface area contributed by atoms with Crippen LogP contribution in [0.3, 0.4) is 0 Å². The molecule has 2 aromatic rings. The molecule has 3 aliphatic rings. The molecule has 7 nitrogen and oxygen atoms in total. The molecule has 5 rings (SSSR count). The summed E-state index contributed by atoms with van der Waals surface area (Å²) in [6, 6.07) is 13.5. The number of hydrogen-bond donors (Lipinski definition) is 1. The molecule has 1 aliphatic heterocycles. The van der Waals surface area contributed by atoms with Gasteiger partial charge >= 0.3 is 5.97 Å². The molecule has 0 amide bonds. The second-order valence-electron chi connectivity index (χ2n) is 10.5. The fourth-order valence-electron chi connectivity index (χ4n) is 6.27. The number of benzene rings is 2. The molecular formula is C32H37NO6. The number of Topliss-reactive ketones (excluding diaryl/α,β-unsaturated/α-hetero) is 1. The molecule has 0 aromatic heterocycles. The first-order valence-electron chi connectivity index (χ1n) is 13.7. The third-order valence-corrected chi connectivity index (χ3v) is 8.21. The molecule has 0 unspecified atom stereocenters. The summed E-state index contributed by atoms with van der Waals surface area (Å²) in [4.78, 5) is 27.8. The van der Waals surface area contributed by atoms with Gasteiger partial charge in [-0.2, -0.15) is 0 Å². The van der Waals surface area contributed by atoms with E-state index in [0.717, 1.165) is 48.3 Å². The molecule has 2 aliphatic carbocycles. The highest BCUT2D eigenvalue weighted by Gasteiger charge is 2.43. The highest BCUT2D eigenvalue weighted by atomic mass is 16.5. The Kier molecular flexibility index (Phi) is 7.96. The number of carbonyl (C=O) groups is 2. The van der Waals surface area contributed by atoms with Gasteiger partial charge in [-0.05, 0) is 68.7 Å². The number of hydrogen-bond acceptors (Lipinski definition) is 7. The normalized spacial score (nSPS) is 21.7. The number of carbonyl (C=O) groups excluding carboxylic acids is 2. The second-order valence-corrected chi connectivity index (χ2v) is 10.5. The molecule has 0 saturated heterocycles. The maximum absolute atomic E-state index is 14.0. The molecule has 2 atom stereocenters. The predicted octanol–water partition coefficient (Wildman–Crippen LogP) is 5.95. The maximum atomic E-state index is 14.0. The molecule has 1 heterocycles. The van der Waals surface area contributed by atoms with E-state index >= 15 is 0 Å². The van der Waals surface area contributed by atoms with Gasteiger partial charge < -0.3 is 24.3 Å². The van der Waals surface area contributed by atoms with Gasteiger partial charge in [0.2, 0.25) is 0 Å². The summed E-state index contributed by atoms with van der Waals surface area (Å²) in [5, 5.41) is 3.45. The fourth-order valence-corrected chi connectivity index (χ4v) is 6.27. The molecule has 1 saturated carbocycles. The average Bonchev–Trinajstić information content (AvgIpc) is 2.96. The average molecular weight is 532 g/mol. The Morgan fingerprint density at radius 2 is 1.64 bits per heavy atom. The van der Waals surface area contributed by atoms with E-state index in [4.69, 9.17) is 18.9 Å². The van der Waals surface area contributed by atoms with E-state index in [1.165, 1.54) is 6.42 Å². The van der Waals surface area contributed by atoms with Crippen molar-refractivity contribution in [3.8, 4) is 17.2 Å². The topological polar surface area (TPSA) is 83.1 Å². The Hall–Kier alpha value is -3.74. The first kappa shape index (κ1) is 26.9. The SMILES string of the molecule is COc1ccc([C@@H]2CC(=O)C3=C(C2)NC(C)=C(C(=O)OC2CCCCC2)[C@@H]3c2cccc(OC)c2OC)cc1. The van der Waals surface area contributed by atoms with E-state index in [-0.39, 0.29) is 23.8 Å². The Morgan fingerprint density at radius 3 is 2.31 bits per heavy atom. The van der Waals surface area contributed by atoms with E-state index < -0.39 is 5.92 Å². The molecule has 206 valence electrons. The highest BCUT2D eigenvalue weighted by Crippen LogP contribution is 2.49. The first-order chi connectivity index (χ1) is 18.9. The van der Waals surface area contributed by atoms with Crippen molar-refractivity contribution in [2.75, 3.05) is 21.3 Å². The van der Waals surface area contributed by atoms with Crippen LogP contribution in [-0.4, -0.2) is 39.2 Å². The number of dihydropyridines is 1. The van der Waals surface area contributed by atoms with Crippen molar-refractivity contribution in [3.05, 3.63) is 76.1 Å². The third-order valence-electron chi connectivity index (χ3n) is 8.21. The largest absolute Gasteiger partial charge is 0.497 e. The Balaban J connectivity index is 1.57. The molecule has 2 aromatic carbocycles. The van der Waals surface area contributed by atoms with E-state index in [2.05, 4.69) is 5.32 Å². The number of ether oxygens (including phenoxy) is 4. The van der Waals surface area contributed by atoms with Crippen molar-refractivity contribution >= 4 is 11.8 Å². The minimum absolute atomic E-state index is 0.00917. The Bertz CT molecular complexity index is 1300. The van der Waals surface area contributed by atoms with Gasteiger partial charge in [0, 0.05) is 29.0 Å². The van der Waals surface area contributed by atoms with Crippen LogP contribution in [0, 0.1) is 0 Å². The summed E-state index contributed by atoms with van der Waals surface area (Å²) < 4.78 is 22.7. The van der Waals surface area contributed by atoms with Gasteiger partial charge in [-0.3, -0.25) is 4.79 Å². The van der Waals surface area contributed by atoms with Crippen molar-refractivity contribution in [2.45, 2.75) is 69.8 Å². The number of para-hydroxylation sites is 1. The van der Waals surface area contributed by atoms with Crippen LogP contribution in [0.4, 0.5) is 0 Å². The Morgan fingerprint density at radius 1 is 0.897 bits per heavy atom. The van der Waals surface area contributed by atoms with Crippen molar-refractivity contribution in [2.24, 2.45) is 0 Å². The summed E-state index contributed by atoms with van der Waals surface area (Å²) in [6.45, 7) is 1.89. The number of allylic oxidation sites excluding steroid dienone is 3. The molecular weight excluding hydrogens is 494 g/mol. The summed E-state index contributed by atoms with van der Waals surface area (Å²) in [6.07, 6.45) is 5.92. The lowest BCUT2D eigenvalue weighted by atomic mass is 9.71. The van der Waals surface area contributed by atoms with Gasteiger partial charge in [0.25, 0.3) is 0 Å². The smallest absolute Gasteiger partial charge is 0.337 e. The fraction of sp³-hybridized carbons (Fsp3) is 0.438. The van der Waals surface area contributed by atoms with E-state index in [1.807, 2.05) is 49.4 Å². The zero-order valence-corrected chi connectivity index (χ0v) is 23.2. The third kappa shape index (κ3) is 5.27. The van der Waals surface area contributed by atoms with Crippen LogP contribution in [0.1, 0.15) is 74.8 Å². The minimum atomic E-state index is -0.619. The van der Waals surface area contributed by atoms with Crippen LogP contribution < -0.4 is 19.5 Å². The lowest BCUT2D eigenvalue weighted by molar-refractivity contribution is -0.146. The molecule has 39 heavy (non-hydrogen) atoms. The van der Waals surface area contributed by atoms with E-state index in [9.17, 15) is 9.59 Å². The summed E-state index contributed by atoms with van der Waals surface area (Å²) in [7, 11) is 4.80. The number of rotatable bonds is 7. The van der Waals surface area contributed by atoms with Crippen molar-refractivity contribution in [1.82, 2.24) is 5.32 Å². The number of esters is 1. The predicted molar refractivity (Wildman–Crippen MR) is 148 cm³/mol. The van der Waals surface area contributed by atoms with Crippen molar-refractivity contribution in [3.63, 3.8) is 0 Å². The maximum Gasteiger partial charge on any atom is 0.337 e. The van der Waals surface area contributed by atoms with Crippen LogP contribution in [0.25, 0.3) is 0 Å². The molecule has 0 bridgehead atoms. The van der Waals surface area contributed by atoms with Gasteiger partial charge in [0.1, 0.15) is 11.9 Å². The number of ketones is 1. The van der Waals surface area contributed by atoms with Gasteiger partial charge in [-0.15, -0.1) is 0 Å². The zero-order chi connectivity index (χ0) is 27.5. The minimum Gasteiger partial charge on any atom is -0.497 e. The van der Waals surface area contributed by atoms with Crippen LogP contribution in [0.2, 0.25) is 0 Å². The van der Waals surface area contributed by atoms with Crippen molar-refractivity contribution in [1.29, 1.82) is 0 Å². The van der Waals surface area contributed by atoms with Crippen LogP contribution in [0.15, 0.2) is 65.0 Å². The van der Waals surface area contributed by atoms with E-state index in [0.29, 0.717) is 41.2 Å². The molecule has 1 fully saturated rings. The van der Waals surface area contributed by atoms with Gasteiger partial charge in [0.15, 0.2) is 17.3 Å². The Labute approximate surface area is 230 Å².